The molecule has 0 radical (unpaired) electrons. The van der Waals surface area contributed by atoms with Gasteiger partial charge in [0.25, 0.3) is 5.91 Å². The van der Waals surface area contributed by atoms with E-state index in [0.29, 0.717) is 18.7 Å². The van der Waals surface area contributed by atoms with Gasteiger partial charge in [-0.15, -0.1) is 0 Å². The molecule has 0 aliphatic carbocycles. The summed E-state index contributed by atoms with van der Waals surface area (Å²) >= 11 is 5.65. The summed E-state index contributed by atoms with van der Waals surface area (Å²) in [7, 11) is -3.64. The van der Waals surface area contributed by atoms with Crippen molar-refractivity contribution in [2.75, 3.05) is 18.4 Å². The van der Waals surface area contributed by atoms with E-state index >= 15 is 0 Å². The largest absolute Gasteiger partial charge is 0.322 e. The Hall–Kier alpha value is -1.96. The summed E-state index contributed by atoms with van der Waals surface area (Å²) in [5.41, 5.74) is 1.09. The Kier molecular flexibility index (Phi) is 5.83. The van der Waals surface area contributed by atoms with Gasteiger partial charge in [-0.05, 0) is 55.7 Å². The molecule has 1 saturated heterocycles. The molecule has 0 unspecified atom stereocenters. The van der Waals surface area contributed by atoms with Gasteiger partial charge in [-0.3, -0.25) is 4.79 Å². The van der Waals surface area contributed by atoms with Gasteiger partial charge in [0.2, 0.25) is 10.0 Å². The van der Waals surface area contributed by atoms with E-state index in [-0.39, 0.29) is 21.2 Å². The van der Waals surface area contributed by atoms with Gasteiger partial charge in [-0.2, -0.15) is 4.31 Å². The second-order valence-electron chi connectivity index (χ2n) is 6.52. The third-order valence-corrected chi connectivity index (χ3v) is 6.79. The van der Waals surface area contributed by atoms with Crippen LogP contribution in [0, 0.1) is 12.7 Å². The number of benzene rings is 2. The number of carbonyl (C=O) groups is 1. The fourth-order valence-electron chi connectivity index (χ4n) is 3.03. The lowest BCUT2D eigenvalue weighted by molar-refractivity contribution is 0.102. The number of carbonyl (C=O) groups excluding carboxylic acids is 1. The summed E-state index contributed by atoms with van der Waals surface area (Å²) in [6.45, 7) is 2.69. The Balaban J connectivity index is 1.88. The number of anilines is 1. The Morgan fingerprint density at radius 2 is 1.81 bits per heavy atom. The highest BCUT2D eigenvalue weighted by molar-refractivity contribution is 7.89. The predicted molar refractivity (Wildman–Crippen MR) is 103 cm³/mol. The highest BCUT2D eigenvalue weighted by atomic mass is 35.5. The lowest BCUT2D eigenvalue weighted by Crippen LogP contribution is -2.35. The number of hydrogen-bond donors (Lipinski definition) is 1. The zero-order valence-electron chi connectivity index (χ0n) is 14.8. The van der Waals surface area contributed by atoms with E-state index < -0.39 is 21.7 Å². The zero-order valence-corrected chi connectivity index (χ0v) is 16.4. The van der Waals surface area contributed by atoms with Crippen molar-refractivity contribution >= 4 is 33.2 Å². The maximum absolute atomic E-state index is 13.6. The highest BCUT2D eigenvalue weighted by Crippen LogP contribution is 2.24. The average Bonchev–Trinajstić information content (AvgIpc) is 2.65. The van der Waals surface area contributed by atoms with Crippen molar-refractivity contribution in [2.24, 2.45) is 0 Å². The first-order valence-corrected chi connectivity index (χ1v) is 10.5. The second-order valence-corrected chi connectivity index (χ2v) is 8.87. The molecule has 1 aliphatic rings. The van der Waals surface area contributed by atoms with Crippen LogP contribution in [-0.4, -0.2) is 31.7 Å². The smallest absolute Gasteiger partial charge is 0.255 e. The maximum Gasteiger partial charge on any atom is 0.255 e. The molecule has 1 amide bonds. The van der Waals surface area contributed by atoms with Gasteiger partial charge in [0.05, 0.1) is 9.92 Å². The molecule has 5 nitrogen and oxygen atoms in total. The second kappa shape index (κ2) is 7.96. The van der Waals surface area contributed by atoms with E-state index in [9.17, 15) is 17.6 Å². The summed E-state index contributed by atoms with van der Waals surface area (Å²) in [6, 6.07) is 8.43. The van der Waals surface area contributed by atoms with Gasteiger partial charge in [0, 0.05) is 24.3 Å². The third-order valence-electron chi connectivity index (χ3n) is 4.58. The Morgan fingerprint density at radius 1 is 1.11 bits per heavy atom. The molecule has 3 rings (SSSR count). The molecule has 2 aromatic carbocycles. The molecular weight excluding hydrogens is 391 g/mol. The Labute approximate surface area is 163 Å². The fraction of sp³-hybridized carbons (Fsp3) is 0.316. The van der Waals surface area contributed by atoms with Crippen molar-refractivity contribution in [3.63, 3.8) is 0 Å². The highest BCUT2D eigenvalue weighted by Gasteiger charge is 2.27. The van der Waals surface area contributed by atoms with Gasteiger partial charge < -0.3 is 5.32 Å². The molecule has 0 bridgehead atoms. The molecule has 8 heteroatoms. The molecule has 2 aromatic rings. The van der Waals surface area contributed by atoms with Gasteiger partial charge in [-0.25, -0.2) is 12.8 Å². The molecule has 1 heterocycles. The lowest BCUT2D eigenvalue weighted by atomic mass is 10.1. The number of rotatable bonds is 4. The number of aryl methyl sites for hydroxylation is 1. The fourth-order valence-corrected chi connectivity index (χ4v) is 4.69. The molecular formula is C19H20ClFN2O3S. The van der Waals surface area contributed by atoms with Crippen molar-refractivity contribution in [1.82, 2.24) is 4.31 Å². The normalized spacial score (nSPS) is 15.5. The minimum Gasteiger partial charge on any atom is -0.322 e. The lowest BCUT2D eigenvalue weighted by Gasteiger charge is -2.26. The number of halogens is 2. The average molecular weight is 411 g/mol. The van der Waals surface area contributed by atoms with Gasteiger partial charge >= 0.3 is 0 Å². The minimum atomic E-state index is -3.64. The van der Waals surface area contributed by atoms with Crippen molar-refractivity contribution < 1.29 is 17.6 Å². The number of sulfonamides is 1. The first-order chi connectivity index (χ1) is 12.8. The number of piperidine rings is 1. The van der Waals surface area contributed by atoms with Crippen LogP contribution in [-0.2, 0) is 10.0 Å². The topological polar surface area (TPSA) is 66.5 Å². The van der Waals surface area contributed by atoms with E-state index in [1.165, 1.54) is 28.6 Å². The minimum absolute atomic E-state index is 0.0428. The molecule has 0 saturated carbocycles. The molecule has 1 N–H and O–H groups in total. The van der Waals surface area contributed by atoms with Crippen LogP contribution in [0.5, 0.6) is 0 Å². The van der Waals surface area contributed by atoms with E-state index in [1.54, 1.807) is 13.0 Å². The quantitative estimate of drug-likeness (QED) is 0.820. The van der Waals surface area contributed by atoms with Crippen LogP contribution >= 0.6 is 11.6 Å². The summed E-state index contributed by atoms with van der Waals surface area (Å²) < 4.78 is 40.7. The Bertz CT molecular complexity index is 973. The van der Waals surface area contributed by atoms with E-state index in [2.05, 4.69) is 5.32 Å². The Morgan fingerprint density at radius 3 is 2.48 bits per heavy atom. The molecule has 0 spiro atoms. The molecule has 1 aliphatic heterocycles. The summed E-state index contributed by atoms with van der Waals surface area (Å²) in [4.78, 5) is 12.7. The number of amides is 1. The van der Waals surface area contributed by atoms with Crippen molar-refractivity contribution in [1.29, 1.82) is 0 Å². The number of hydrogen-bond acceptors (Lipinski definition) is 3. The summed E-state index contributed by atoms with van der Waals surface area (Å²) in [5.74, 6) is -1.16. The van der Waals surface area contributed by atoms with E-state index in [0.717, 1.165) is 25.3 Å². The number of nitrogens with zero attached hydrogens (tertiary/aromatic N) is 1. The van der Waals surface area contributed by atoms with Crippen LogP contribution in [0.4, 0.5) is 10.1 Å². The van der Waals surface area contributed by atoms with Gasteiger partial charge in [0.1, 0.15) is 5.82 Å². The van der Waals surface area contributed by atoms with Gasteiger partial charge in [-0.1, -0.05) is 24.1 Å². The van der Waals surface area contributed by atoms with Crippen LogP contribution in [0.1, 0.15) is 35.2 Å². The van der Waals surface area contributed by atoms with Crippen LogP contribution < -0.4 is 5.32 Å². The first-order valence-electron chi connectivity index (χ1n) is 8.66. The van der Waals surface area contributed by atoms with E-state index in [4.69, 9.17) is 11.6 Å². The standard InChI is InChI=1S/C19H20ClFN2O3S/c1-13-5-7-15(27(25,26)23-9-3-2-4-10-23)12-16(13)19(24)22-14-6-8-17(20)18(21)11-14/h5-8,11-12H,2-4,9-10H2,1H3,(H,22,24). The zero-order chi connectivity index (χ0) is 19.6. The SMILES string of the molecule is Cc1ccc(S(=O)(=O)N2CCCCC2)cc1C(=O)Nc1ccc(Cl)c(F)c1. The number of nitrogens with one attached hydrogen (secondary N) is 1. The summed E-state index contributed by atoms with van der Waals surface area (Å²) in [5, 5.41) is 2.54. The van der Waals surface area contributed by atoms with Crippen molar-refractivity contribution in [3.05, 3.63) is 58.4 Å². The molecule has 144 valence electrons. The predicted octanol–water partition coefficient (Wildman–Crippen LogP) is 4.21. The molecule has 0 atom stereocenters. The molecule has 1 fully saturated rings. The first kappa shape index (κ1) is 19.8. The maximum atomic E-state index is 13.6. The third kappa shape index (κ3) is 4.31. The molecule has 0 aromatic heterocycles. The van der Waals surface area contributed by atoms with E-state index in [1.807, 2.05) is 0 Å². The van der Waals surface area contributed by atoms with Crippen molar-refractivity contribution in [3.8, 4) is 0 Å². The van der Waals surface area contributed by atoms with Gasteiger partial charge in [0.15, 0.2) is 0 Å². The van der Waals surface area contributed by atoms with Crippen LogP contribution in [0.2, 0.25) is 5.02 Å². The van der Waals surface area contributed by atoms with Crippen molar-refractivity contribution in [2.45, 2.75) is 31.1 Å². The van der Waals surface area contributed by atoms with Crippen LogP contribution in [0.25, 0.3) is 0 Å². The monoisotopic (exact) mass is 410 g/mol. The van der Waals surface area contributed by atoms with Crippen LogP contribution in [0.3, 0.4) is 0 Å². The molecule has 27 heavy (non-hydrogen) atoms. The van der Waals surface area contributed by atoms with Crippen LogP contribution in [0.15, 0.2) is 41.3 Å². The summed E-state index contributed by atoms with van der Waals surface area (Å²) in [6.07, 6.45) is 2.69.